The van der Waals surface area contributed by atoms with Crippen LogP contribution in [0.15, 0.2) is 97.1 Å². The fourth-order valence-electron chi connectivity index (χ4n) is 5.35. The summed E-state index contributed by atoms with van der Waals surface area (Å²) in [6, 6.07) is 33.4. The molecular weight excluding hydrogens is 514 g/mol. The molecule has 6 heteroatoms. The molecule has 3 atom stereocenters. The maximum Gasteiger partial charge on any atom is 0.119 e. The number of aliphatic hydroxyl groups is 1. The summed E-state index contributed by atoms with van der Waals surface area (Å²) < 4.78 is 24.6. The molecule has 1 heterocycles. The third-order valence-corrected chi connectivity index (χ3v) is 7.48. The Morgan fingerprint density at radius 2 is 1.41 bits per heavy atom. The Morgan fingerprint density at radius 3 is 2.22 bits per heavy atom. The van der Waals surface area contributed by atoms with E-state index in [0.717, 1.165) is 30.8 Å². The molecule has 5 rings (SSSR count). The first-order valence-electron chi connectivity index (χ1n) is 14.7. The van der Waals surface area contributed by atoms with Gasteiger partial charge in [-0.2, -0.15) is 0 Å². The molecule has 0 saturated carbocycles. The van der Waals surface area contributed by atoms with Crippen molar-refractivity contribution in [3.8, 4) is 5.75 Å². The van der Waals surface area contributed by atoms with Gasteiger partial charge in [0.2, 0.25) is 0 Å². The van der Waals surface area contributed by atoms with Crippen molar-refractivity contribution < 1.29 is 24.1 Å². The molecule has 1 fully saturated rings. The third kappa shape index (κ3) is 8.62. The molecule has 0 aromatic heterocycles. The van der Waals surface area contributed by atoms with Gasteiger partial charge in [0.25, 0.3) is 0 Å². The van der Waals surface area contributed by atoms with Crippen molar-refractivity contribution in [3.63, 3.8) is 0 Å². The zero-order chi connectivity index (χ0) is 28.1. The molecule has 1 aliphatic heterocycles. The second-order valence-electron chi connectivity index (χ2n) is 10.5. The molecule has 41 heavy (non-hydrogen) atoms. The highest BCUT2D eigenvalue weighted by Gasteiger charge is 2.36. The molecule has 0 bridgehead atoms. The van der Waals surface area contributed by atoms with Crippen LogP contribution in [0.25, 0.3) is 10.8 Å². The maximum atomic E-state index is 9.28. The van der Waals surface area contributed by atoms with Crippen molar-refractivity contribution in [2.45, 2.75) is 44.2 Å². The molecular formula is C35H41NO5. The van der Waals surface area contributed by atoms with Crippen molar-refractivity contribution in [2.24, 2.45) is 0 Å². The zero-order valence-corrected chi connectivity index (χ0v) is 23.6. The summed E-state index contributed by atoms with van der Waals surface area (Å²) in [6.07, 6.45) is 1.34. The molecule has 1 saturated heterocycles. The minimum atomic E-state index is -0.0529. The van der Waals surface area contributed by atoms with Crippen LogP contribution >= 0.6 is 0 Å². The molecule has 1 aliphatic rings. The van der Waals surface area contributed by atoms with Gasteiger partial charge in [-0.05, 0) is 52.1 Å². The average molecular weight is 556 g/mol. The number of ether oxygens (including phenoxy) is 4. The van der Waals surface area contributed by atoms with Gasteiger partial charge in [-0.1, -0.05) is 78.9 Å². The van der Waals surface area contributed by atoms with Crippen LogP contribution in [0.3, 0.4) is 0 Å². The van der Waals surface area contributed by atoms with Crippen LogP contribution < -0.4 is 10.1 Å². The number of nitrogens with one attached hydrogen (secondary N) is 1. The number of aliphatic hydroxyl groups excluding tert-OH is 1. The van der Waals surface area contributed by atoms with Crippen molar-refractivity contribution in [2.75, 3.05) is 39.5 Å². The maximum absolute atomic E-state index is 9.28. The lowest BCUT2D eigenvalue weighted by Crippen LogP contribution is -2.50. The van der Waals surface area contributed by atoms with E-state index in [1.165, 1.54) is 21.9 Å². The number of piperidine rings is 1. The van der Waals surface area contributed by atoms with Crippen LogP contribution in [0.4, 0.5) is 0 Å². The van der Waals surface area contributed by atoms with E-state index in [-0.39, 0.29) is 24.7 Å². The molecule has 0 spiro atoms. The predicted molar refractivity (Wildman–Crippen MR) is 162 cm³/mol. The lowest BCUT2D eigenvalue weighted by Gasteiger charge is -2.39. The molecule has 0 aliphatic carbocycles. The SMILES string of the molecule is OCCCO[C@@H]1CNC[C@H](OCc2ccc3ccccc3c2)[C@@H]1c1ccc(OCCCOCc2ccccc2)cc1. The highest BCUT2D eigenvalue weighted by atomic mass is 16.5. The van der Waals surface area contributed by atoms with Crippen molar-refractivity contribution in [1.82, 2.24) is 5.32 Å². The highest BCUT2D eigenvalue weighted by molar-refractivity contribution is 5.82. The summed E-state index contributed by atoms with van der Waals surface area (Å²) in [5, 5.41) is 15.2. The van der Waals surface area contributed by atoms with Crippen LogP contribution in [-0.4, -0.2) is 56.8 Å². The molecule has 216 valence electrons. The molecule has 0 unspecified atom stereocenters. The van der Waals surface area contributed by atoms with E-state index in [1.807, 2.05) is 30.3 Å². The molecule has 4 aromatic rings. The van der Waals surface area contributed by atoms with Gasteiger partial charge in [-0.3, -0.25) is 0 Å². The van der Waals surface area contributed by atoms with Gasteiger partial charge >= 0.3 is 0 Å². The van der Waals surface area contributed by atoms with Gasteiger partial charge < -0.3 is 29.4 Å². The van der Waals surface area contributed by atoms with Gasteiger partial charge in [0, 0.05) is 38.6 Å². The number of hydrogen-bond donors (Lipinski definition) is 2. The van der Waals surface area contributed by atoms with E-state index >= 15 is 0 Å². The first-order valence-corrected chi connectivity index (χ1v) is 14.7. The Bertz CT molecular complexity index is 1310. The smallest absolute Gasteiger partial charge is 0.119 e. The second-order valence-corrected chi connectivity index (χ2v) is 10.5. The van der Waals surface area contributed by atoms with E-state index < -0.39 is 0 Å². The molecule has 6 nitrogen and oxygen atoms in total. The Kier molecular flexibility index (Phi) is 11.2. The van der Waals surface area contributed by atoms with E-state index in [1.54, 1.807) is 0 Å². The van der Waals surface area contributed by atoms with Gasteiger partial charge in [-0.15, -0.1) is 0 Å². The number of fused-ring (bicyclic) bond motifs is 1. The van der Waals surface area contributed by atoms with Crippen LogP contribution in [0.5, 0.6) is 5.75 Å². The monoisotopic (exact) mass is 555 g/mol. The minimum Gasteiger partial charge on any atom is -0.494 e. The topological polar surface area (TPSA) is 69.2 Å². The standard InChI is InChI=1S/C35H41NO5/c37-18-6-20-40-33-23-36-24-34(41-26-28-12-13-29-10-4-5-11-31(29)22-28)35(33)30-14-16-32(17-15-30)39-21-7-19-38-25-27-8-2-1-3-9-27/h1-5,8-17,22,33-37H,6-7,18-21,23-26H2/t33-,34+,35-/m1/s1. The molecule has 2 N–H and O–H groups in total. The Morgan fingerprint density at radius 1 is 0.659 bits per heavy atom. The van der Waals surface area contributed by atoms with Gasteiger partial charge in [0.1, 0.15) is 5.75 Å². The first-order chi connectivity index (χ1) is 20.3. The predicted octanol–water partition coefficient (Wildman–Crippen LogP) is 5.87. The fraction of sp³-hybridized carbons (Fsp3) is 0.371. The van der Waals surface area contributed by atoms with Crippen LogP contribution in [0, 0.1) is 0 Å². The van der Waals surface area contributed by atoms with Crippen LogP contribution in [0.2, 0.25) is 0 Å². The highest BCUT2D eigenvalue weighted by Crippen LogP contribution is 2.32. The summed E-state index contributed by atoms with van der Waals surface area (Å²) in [7, 11) is 0. The second kappa shape index (κ2) is 15.7. The summed E-state index contributed by atoms with van der Waals surface area (Å²) in [6.45, 7) is 4.55. The minimum absolute atomic E-state index is 0.0505. The molecule has 4 aromatic carbocycles. The Balaban J connectivity index is 1.17. The molecule has 0 radical (unpaired) electrons. The quantitative estimate of drug-likeness (QED) is 0.179. The summed E-state index contributed by atoms with van der Waals surface area (Å²) in [5.41, 5.74) is 3.50. The molecule has 0 amide bonds. The number of benzene rings is 4. The third-order valence-electron chi connectivity index (χ3n) is 7.48. The van der Waals surface area contributed by atoms with E-state index in [9.17, 15) is 5.11 Å². The summed E-state index contributed by atoms with van der Waals surface area (Å²) >= 11 is 0. The largest absolute Gasteiger partial charge is 0.494 e. The van der Waals surface area contributed by atoms with Crippen LogP contribution in [-0.2, 0) is 27.4 Å². The van der Waals surface area contributed by atoms with E-state index in [2.05, 4.69) is 72.0 Å². The van der Waals surface area contributed by atoms with Gasteiger partial charge in [0.15, 0.2) is 0 Å². The van der Waals surface area contributed by atoms with Crippen LogP contribution in [0.1, 0.15) is 35.4 Å². The Labute approximate surface area is 243 Å². The fourth-order valence-corrected chi connectivity index (χ4v) is 5.35. The normalized spacial score (nSPS) is 18.9. The zero-order valence-electron chi connectivity index (χ0n) is 23.6. The lowest BCUT2D eigenvalue weighted by atomic mass is 9.85. The Hall–Kier alpha value is -3.26. The number of rotatable bonds is 15. The summed E-state index contributed by atoms with van der Waals surface area (Å²) in [4.78, 5) is 0. The van der Waals surface area contributed by atoms with Gasteiger partial charge in [-0.25, -0.2) is 0 Å². The van der Waals surface area contributed by atoms with Crippen molar-refractivity contribution in [3.05, 3.63) is 114 Å². The van der Waals surface area contributed by atoms with E-state index in [0.29, 0.717) is 39.5 Å². The van der Waals surface area contributed by atoms with E-state index in [4.69, 9.17) is 18.9 Å². The lowest BCUT2D eigenvalue weighted by molar-refractivity contribution is -0.0616. The average Bonchev–Trinajstić information content (AvgIpc) is 3.02. The first kappa shape index (κ1) is 29.2. The van der Waals surface area contributed by atoms with Crippen molar-refractivity contribution >= 4 is 10.8 Å². The van der Waals surface area contributed by atoms with Gasteiger partial charge in [0.05, 0.1) is 38.6 Å². The van der Waals surface area contributed by atoms with Crippen molar-refractivity contribution in [1.29, 1.82) is 0 Å². The summed E-state index contributed by atoms with van der Waals surface area (Å²) in [5.74, 6) is 0.910. The number of hydrogen-bond acceptors (Lipinski definition) is 6.